The molecule has 2 aromatic rings. The Hall–Kier alpha value is -1.68. The van der Waals surface area contributed by atoms with Crippen molar-refractivity contribution in [3.8, 4) is 0 Å². The number of carbonyl (C=O) groups excluding carboxylic acids is 1. The molecule has 2 rings (SSSR count). The molecule has 0 amide bonds. The number of aryl methyl sites for hydroxylation is 1. The fourth-order valence-corrected chi connectivity index (χ4v) is 2.44. The van der Waals surface area contributed by atoms with E-state index in [0.717, 1.165) is 28.9 Å². The number of aldehydes is 1. The molecule has 0 aliphatic carbocycles. The van der Waals surface area contributed by atoms with Gasteiger partial charge in [0, 0.05) is 15.4 Å². The van der Waals surface area contributed by atoms with Crippen molar-refractivity contribution in [2.24, 2.45) is 0 Å². The van der Waals surface area contributed by atoms with E-state index in [9.17, 15) is 13.6 Å². The Kier molecular flexibility index (Phi) is 3.77. The first kappa shape index (κ1) is 12.8. The molecule has 0 radical (unpaired) electrons. The Morgan fingerprint density at radius 3 is 2.44 bits per heavy atom. The number of rotatable bonds is 3. The van der Waals surface area contributed by atoms with Crippen molar-refractivity contribution in [2.75, 3.05) is 0 Å². The minimum Gasteiger partial charge on any atom is -0.298 e. The van der Waals surface area contributed by atoms with Gasteiger partial charge in [0.15, 0.2) is 11.6 Å². The van der Waals surface area contributed by atoms with Gasteiger partial charge >= 0.3 is 0 Å². The molecule has 0 aromatic heterocycles. The number of carbonyl (C=O) groups is 1. The molecule has 92 valence electrons. The Morgan fingerprint density at radius 2 is 1.83 bits per heavy atom. The normalized spacial score (nSPS) is 10.4. The molecule has 0 atom stereocenters. The molecular weight excluding hydrogens is 254 g/mol. The van der Waals surface area contributed by atoms with Crippen LogP contribution in [0.1, 0.15) is 15.9 Å². The zero-order valence-electron chi connectivity index (χ0n) is 9.61. The molecule has 0 fully saturated rings. The highest BCUT2D eigenvalue weighted by Crippen LogP contribution is 2.31. The van der Waals surface area contributed by atoms with Crippen LogP contribution < -0.4 is 0 Å². The summed E-state index contributed by atoms with van der Waals surface area (Å²) in [6.45, 7) is 1.87. The Bertz CT molecular complexity index is 596. The molecule has 1 nitrogen and oxygen atoms in total. The van der Waals surface area contributed by atoms with E-state index in [-0.39, 0.29) is 0 Å². The maximum atomic E-state index is 13.1. The lowest BCUT2D eigenvalue weighted by atomic mass is 10.2. The molecule has 0 unspecified atom stereocenters. The average molecular weight is 264 g/mol. The molecule has 4 heteroatoms. The summed E-state index contributed by atoms with van der Waals surface area (Å²) in [5.74, 6) is -1.71. The van der Waals surface area contributed by atoms with Crippen molar-refractivity contribution >= 4 is 18.0 Å². The topological polar surface area (TPSA) is 17.1 Å². The van der Waals surface area contributed by atoms with E-state index in [4.69, 9.17) is 0 Å². The van der Waals surface area contributed by atoms with E-state index in [0.29, 0.717) is 10.5 Å². The van der Waals surface area contributed by atoms with Gasteiger partial charge in [-0.05, 0) is 42.8 Å². The lowest BCUT2D eigenvalue weighted by molar-refractivity contribution is 0.112. The van der Waals surface area contributed by atoms with E-state index in [1.165, 1.54) is 17.8 Å². The van der Waals surface area contributed by atoms with E-state index < -0.39 is 11.6 Å². The maximum absolute atomic E-state index is 13.1. The number of halogens is 2. The second kappa shape index (κ2) is 5.31. The van der Waals surface area contributed by atoms with Crippen molar-refractivity contribution in [1.82, 2.24) is 0 Å². The minimum atomic E-state index is -0.859. The van der Waals surface area contributed by atoms with Gasteiger partial charge in [0.1, 0.15) is 6.29 Å². The minimum absolute atomic E-state index is 0.599. The van der Waals surface area contributed by atoms with E-state index >= 15 is 0 Å². The molecule has 0 aliphatic heterocycles. The summed E-state index contributed by atoms with van der Waals surface area (Å²) in [5.41, 5.74) is 1.52. The molecule has 2 aromatic carbocycles. The summed E-state index contributed by atoms with van der Waals surface area (Å²) >= 11 is 1.33. The second-order valence-corrected chi connectivity index (χ2v) is 4.94. The van der Waals surface area contributed by atoms with Gasteiger partial charge in [-0.15, -0.1) is 0 Å². The second-order valence-electron chi connectivity index (χ2n) is 3.82. The van der Waals surface area contributed by atoms with Gasteiger partial charge in [-0.25, -0.2) is 8.78 Å². The van der Waals surface area contributed by atoms with Gasteiger partial charge < -0.3 is 0 Å². The van der Waals surface area contributed by atoms with Gasteiger partial charge in [0.05, 0.1) is 0 Å². The molecule has 0 saturated carbocycles. The number of benzene rings is 2. The maximum Gasteiger partial charge on any atom is 0.159 e. The predicted octanol–water partition coefficient (Wildman–Crippen LogP) is 4.24. The molecule has 0 bridgehead atoms. The third kappa shape index (κ3) is 2.76. The third-order valence-corrected chi connectivity index (χ3v) is 3.62. The van der Waals surface area contributed by atoms with Crippen LogP contribution in [0.15, 0.2) is 46.2 Å². The summed E-state index contributed by atoms with van der Waals surface area (Å²) in [6.07, 6.45) is 0.777. The standard InChI is InChI=1S/C14H10F2OS/c1-9-6-10(8-17)2-5-14(9)18-11-3-4-12(15)13(16)7-11/h2-8H,1H3. The summed E-state index contributed by atoms with van der Waals surface area (Å²) in [4.78, 5) is 12.1. The Morgan fingerprint density at radius 1 is 1.06 bits per heavy atom. The average Bonchev–Trinajstić information content (AvgIpc) is 2.36. The molecule has 0 N–H and O–H groups in total. The van der Waals surface area contributed by atoms with Crippen LogP contribution in [-0.2, 0) is 0 Å². The van der Waals surface area contributed by atoms with Crippen LogP contribution in [-0.4, -0.2) is 6.29 Å². The SMILES string of the molecule is Cc1cc(C=O)ccc1Sc1ccc(F)c(F)c1. The number of hydrogen-bond acceptors (Lipinski definition) is 2. The zero-order valence-corrected chi connectivity index (χ0v) is 10.4. The van der Waals surface area contributed by atoms with Gasteiger partial charge in [-0.1, -0.05) is 17.8 Å². The van der Waals surface area contributed by atoms with Crippen LogP contribution in [0.4, 0.5) is 8.78 Å². The van der Waals surface area contributed by atoms with Crippen LogP contribution >= 0.6 is 11.8 Å². The summed E-state index contributed by atoms with van der Waals surface area (Å²) in [7, 11) is 0. The number of hydrogen-bond donors (Lipinski definition) is 0. The fourth-order valence-electron chi connectivity index (χ4n) is 1.53. The van der Waals surface area contributed by atoms with E-state index in [1.54, 1.807) is 18.2 Å². The van der Waals surface area contributed by atoms with Crippen LogP contribution in [0.3, 0.4) is 0 Å². The van der Waals surface area contributed by atoms with Crippen LogP contribution in [0.5, 0.6) is 0 Å². The molecule has 18 heavy (non-hydrogen) atoms. The van der Waals surface area contributed by atoms with Crippen molar-refractivity contribution in [1.29, 1.82) is 0 Å². The Balaban J connectivity index is 2.28. The van der Waals surface area contributed by atoms with Crippen LogP contribution in [0.25, 0.3) is 0 Å². The lowest BCUT2D eigenvalue weighted by Crippen LogP contribution is -1.87. The van der Waals surface area contributed by atoms with Crippen molar-refractivity contribution in [3.05, 3.63) is 59.2 Å². The first-order valence-corrected chi connectivity index (χ1v) is 6.10. The van der Waals surface area contributed by atoms with Gasteiger partial charge in [-0.3, -0.25) is 4.79 Å². The lowest BCUT2D eigenvalue weighted by Gasteiger charge is -2.06. The predicted molar refractivity (Wildman–Crippen MR) is 67.0 cm³/mol. The van der Waals surface area contributed by atoms with Gasteiger partial charge in [0.25, 0.3) is 0 Å². The zero-order chi connectivity index (χ0) is 13.1. The first-order chi connectivity index (χ1) is 8.60. The highest BCUT2D eigenvalue weighted by Gasteiger charge is 2.06. The quantitative estimate of drug-likeness (QED) is 0.771. The van der Waals surface area contributed by atoms with Gasteiger partial charge in [0.2, 0.25) is 0 Å². The van der Waals surface area contributed by atoms with Crippen LogP contribution in [0.2, 0.25) is 0 Å². The highest BCUT2D eigenvalue weighted by atomic mass is 32.2. The summed E-state index contributed by atoms with van der Waals surface area (Å²) in [6, 6.07) is 9.04. The Labute approximate surface area is 108 Å². The monoisotopic (exact) mass is 264 g/mol. The fraction of sp³-hybridized carbons (Fsp3) is 0.0714. The molecule has 0 saturated heterocycles. The molecule has 0 heterocycles. The third-order valence-electron chi connectivity index (χ3n) is 2.45. The summed E-state index contributed by atoms with van der Waals surface area (Å²) < 4.78 is 25.9. The van der Waals surface area contributed by atoms with E-state index in [2.05, 4.69) is 0 Å². The smallest absolute Gasteiger partial charge is 0.159 e. The molecule has 0 aliphatic rings. The van der Waals surface area contributed by atoms with Crippen molar-refractivity contribution < 1.29 is 13.6 Å². The van der Waals surface area contributed by atoms with Crippen LogP contribution in [0, 0.1) is 18.6 Å². The summed E-state index contributed by atoms with van der Waals surface area (Å²) in [5, 5.41) is 0. The molecule has 0 spiro atoms. The van der Waals surface area contributed by atoms with E-state index in [1.807, 2.05) is 6.92 Å². The first-order valence-electron chi connectivity index (χ1n) is 5.29. The van der Waals surface area contributed by atoms with Crippen molar-refractivity contribution in [3.63, 3.8) is 0 Å². The van der Waals surface area contributed by atoms with Gasteiger partial charge in [-0.2, -0.15) is 0 Å². The largest absolute Gasteiger partial charge is 0.298 e. The highest BCUT2D eigenvalue weighted by molar-refractivity contribution is 7.99. The molecular formula is C14H10F2OS. The van der Waals surface area contributed by atoms with Crippen molar-refractivity contribution in [2.45, 2.75) is 16.7 Å².